The number of pyridine rings is 1. The predicted octanol–water partition coefficient (Wildman–Crippen LogP) is 3.66. The van der Waals surface area contributed by atoms with Gasteiger partial charge in [0.15, 0.2) is 10.8 Å². The highest BCUT2D eigenvalue weighted by Crippen LogP contribution is 2.37. The Labute approximate surface area is 185 Å². The van der Waals surface area contributed by atoms with Crippen molar-refractivity contribution in [1.29, 1.82) is 0 Å². The molecule has 164 valence electrons. The molecule has 3 aromatic rings. The zero-order valence-corrected chi connectivity index (χ0v) is 19.3. The van der Waals surface area contributed by atoms with Crippen molar-refractivity contribution in [1.82, 2.24) is 20.4 Å². The highest BCUT2D eigenvalue weighted by atomic mass is 32.1. The minimum Gasteiger partial charge on any atom is -0.372 e. The first-order valence-corrected chi connectivity index (χ1v) is 11.1. The minimum absolute atomic E-state index is 0.229. The lowest BCUT2D eigenvalue weighted by Crippen LogP contribution is -2.48. The Kier molecular flexibility index (Phi) is 5.81. The van der Waals surface area contributed by atoms with Gasteiger partial charge in [-0.1, -0.05) is 16.5 Å². The topological polar surface area (TPSA) is 93.4 Å². The molecule has 0 saturated carbocycles. The molecule has 1 N–H and O–H groups in total. The van der Waals surface area contributed by atoms with Crippen molar-refractivity contribution < 1.29 is 14.1 Å². The number of anilines is 1. The maximum atomic E-state index is 12.5. The van der Waals surface area contributed by atoms with Crippen LogP contribution in [0, 0.1) is 20.8 Å². The van der Waals surface area contributed by atoms with Gasteiger partial charge in [0.1, 0.15) is 5.76 Å². The van der Waals surface area contributed by atoms with Crippen LogP contribution in [-0.4, -0.2) is 46.3 Å². The fraction of sp³-hybridized carbons (Fsp3) is 0.455. The van der Waals surface area contributed by atoms with Gasteiger partial charge in [-0.3, -0.25) is 9.78 Å². The summed E-state index contributed by atoms with van der Waals surface area (Å²) in [7, 11) is 0. The van der Waals surface area contributed by atoms with Gasteiger partial charge in [-0.2, -0.15) is 0 Å². The van der Waals surface area contributed by atoms with Crippen LogP contribution in [-0.2, 0) is 11.3 Å². The zero-order valence-electron chi connectivity index (χ0n) is 18.5. The van der Waals surface area contributed by atoms with Crippen molar-refractivity contribution in [2.45, 2.75) is 46.8 Å². The summed E-state index contributed by atoms with van der Waals surface area (Å²) in [5, 5.41) is 7.65. The molecule has 0 radical (unpaired) electrons. The Hall–Kier alpha value is -2.78. The van der Waals surface area contributed by atoms with Crippen LogP contribution in [0.15, 0.2) is 22.7 Å². The fourth-order valence-electron chi connectivity index (χ4n) is 3.69. The van der Waals surface area contributed by atoms with Gasteiger partial charge in [-0.15, -0.1) is 0 Å². The van der Waals surface area contributed by atoms with Gasteiger partial charge >= 0.3 is 0 Å². The maximum absolute atomic E-state index is 12.5. The van der Waals surface area contributed by atoms with E-state index in [1.807, 2.05) is 13.8 Å². The van der Waals surface area contributed by atoms with E-state index in [1.165, 1.54) is 0 Å². The van der Waals surface area contributed by atoms with E-state index in [1.54, 1.807) is 24.3 Å². The van der Waals surface area contributed by atoms with Crippen LogP contribution in [0.4, 0.5) is 5.13 Å². The van der Waals surface area contributed by atoms with Gasteiger partial charge in [0.05, 0.1) is 29.3 Å². The predicted molar refractivity (Wildman–Crippen MR) is 119 cm³/mol. The van der Waals surface area contributed by atoms with E-state index in [9.17, 15) is 4.79 Å². The van der Waals surface area contributed by atoms with Crippen molar-refractivity contribution in [3.63, 3.8) is 0 Å². The molecular weight excluding hydrogens is 414 g/mol. The van der Waals surface area contributed by atoms with Crippen molar-refractivity contribution in [2.75, 3.05) is 24.6 Å². The summed E-state index contributed by atoms with van der Waals surface area (Å²) in [6.45, 7) is 12.4. The van der Waals surface area contributed by atoms with Crippen LogP contribution < -0.4 is 10.2 Å². The molecule has 0 atom stereocenters. The van der Waals surface area contributed by atoms with E-state index in [0.717, 1.165) is 45.7 Å². The number of aryl methyl sites for hydroxylation is 3. The van der Waals surface area contributed by atoms with Crippen LogP contribution in [0.2, 0.25) is 0 Å². The summed E-state index contributed by atoms with van der Waals surface area (Å²) in [5.41, 5.74) is 3.81. The number of rotatable bonds is 5. The number of nitrogens with zero attached hydrogens (tertiary/aromatic N) is 4. The summed E-state index contributed by atoms with van der Waals surface area (Å²) in [4.78, 5) is 25.2. The Morgan fingerprint density at radius 2 is 1.94 bits per heavy atom. The molecule has 0 aromatic carbocycles. The number of hydrogen-bond acceptors (Lipinski definition) is 8. The molecule has 3 aromatic heterocycles. The number of carbonyl (C=O) groups is 1. The molecule has 1 aliphatic rings. The van der Waals surface area contributed by atoms with Crippen molar-refractivity contribution in [2.24, 2.45) is 0 Å². The Balaban J connectivity index is 1.64. The molecule has 0 spiro atoms. The molecule has 8 nitrogen and oxygen atoms in total. The lowest BCUT2D eigenvalue weighted by Gasteiger charge is -2.38. The summed E-state index contributed by atoms with van der Waals surface area (Å²) in [6.07, 6.45) is 0. The van der Waals surface area contributed by atoms with Crippen LogP contribution in [0.5, 0.6) is 0 Å². The van der Waals surface area contributed by atoms with Crippen LogP contribution >= 0.6 is 11.3 Å². The van der Waals surface area contributed by atoms with Crippen LogP contribution in [0.25, 0.3) is 10.4 Å². The van der Waals surface area contributed by atoms with Crippen LogP contribution in [0.1, 0.15) is 47.2 Å². The third-order valence-electron chi connectivity index (χ3n) is 5.00. The van der Waals surface area contributed by atoms with E-state index in [2.05, 4.69) is 46.3 Å². The minimum atomic E-state index is -0.285. The Morgan fingerprint density at radius 3 is 2.58 bits per heavy atom. The molecule has 1 aliphatic heterocycles. The second-order valence-electron chi connectivity index (χ2n) is 8.45. The molecule has 9 heteroatoms. The van der Waals surface area contributed by atoms with Crippen molar-refractivity contribution >= 4 is 22.4 Å². The second-order valence-corrected chi connectivity index (χ2v) is 9.42. The molecule has 31 heavy (non-hydrogen) atoms. The first-order valence-electron chi connectivity index (χ1n) is 10.3. The summed E-state index contributed by atoms with van der Waals surface area (Å²) < 4.78 is 10.9. The van der Waals surface area contributed by atoms with E-state index in [-0.39, 0.29) is 17.2 Å². The lowest BCUT2D eigenvalue weighted by molar-refractivity contribution is -0.0277. The third-order valence-corrected chi connectivity index (χ3v) is 6.21. The SMILES string of the molecule is Cc1cc(-c2sc(N3CCOC(C)(C)C3)nc2CNC(=O)c2cc(C)on2)cc(C)n1. The number of aromatic nitrogens is 3. The molecular formula is C22H27N5O3S. The van der Waals surface area contributed by atoms with Gasteiger partial charge in [0.2, 0.25) is 0 Å². The number of amides is 1. The molecule has 4 rings (SSSR count). The van der Waals surface area contributed by atoms with E-state index in [0.29, 0.717) is 18.9 Å². The molecule has 4 heterocycles. The van der Waals surface area contributed by atoms with Crippen molar-refractivity contribution in [3.8, 4) is 10.4 Å². The molecule has 0 bridgehead atoms. The van der Waals surface area contributed by atoms with Gasteiger partial charge < -0.3 is 19.5 Å². The summed E-state index contributed by atoms with van der Waals surface area (Å²) in [5.74, 6) is 0.311. The highest BCUT2D eigenvalue weighted by Gasteiger charge is 2.30. The number of nitrogens with one attached hydrogen (secondary N) is 1. The first-order chi connectivity index (χ1) is 14.7. The molecule has 1 amide bonds. The number of hydrogen-bond donors (Lipinski definition) is 1. The number of carbonyl (C=O) groups excluding carboxylic acids is 1. The average Bonchev–Trinajstić information content (AvgIpc) is 3.31. The van der Waals surface area contributed by atoms with Gasteiger partial charge in [0.25, 0.3) is 5.91 Å². The standard InChI is InChI=1S/C22H27N5O3S/c1-13-8-16(9-14(2)24-13)19-18(11-23-20(28)17-10-15(3)30-26-17)25-21(31-19)27-6-7-29-22(4,5)12-27/h8-10H,6-7,11-12H2,1-5H3,(H,23,28). The zero-order chi connectivity index (χ0) is 22.2. The largest absolute Gasteiger partial charge is 0.372 e. The Morgan fingerprint density at radius 1 is 1.19 bits per heavy atom. The molecule has 0 unspecified atom stereocenters. The lowest BCUT2D eigenvalue weighted by atomic mass is 10.1. The summed E-state index contributed by atoms with van der Waals surface area (Å²) >= 11 is 1.63. The van der Waals surface area contributed by atoms with Gasteiger partial charge in [-0.05, 0) is 52.3 Å². The van der Waals surface area contributed by atoms with E-state index < -0.39 is 0 Å². The molecule has 0 aliphatic carbocycles. The Bertz CT molecular complexity index is 1080. The van der Waals surface area contributed by atoms with Gasteiger partial charge in [0, 0.05) is 30.5 Å². The van der Waals surface area contributed by atoms with E-state index in [4.69, 9.17) is 14.2 Å². The highest BCUT2D eigenvalue weighted by molar-refractivity contribution is 7.19. The molecule has 1 fully saturated rings. The average molecular weight is 442 g/mol. The van der Waals surface area contributed by atoms with Gasteiger partial charge in [-0.25, -0.2) is 4.98 Å². The molecule has 1 saturated heterocycles. The monoisotopic (exact) mass is 441 g/mol. The normalized spacial score (nSPS) is 15.8. The first kappa shape index (κ1) is 21.5. The second kappa shape index (κ2) is 8.39. The number of morpholine rings is 1. The fourth-order valence-corrected chi connectivity index (χ4v) is 4.79. The number of ether oxygens (including phenoxy) is 1. The van der Waals surface area contributed by atoms with Crippen LogP contribution in [0.3, 0.4) is 0 Å². The van der Waals surface area contributed by atoms with E-state index >= 15 is 0 Å². The van der Waals surface area contributed by atoms with Crippen molar-refractivity contribution in [3.05, 3.63) is 46.7 Å². The summed E-state index contributed by atoms with van der Waals surface area (Å²) in [6, 6.07) is 5.73. The quantitative estimate of drug-likeness (QED) is 0.646. The number of thiazole rings is 1. The smallest absolute Gasteiger partial charge is 0.273 e. The maximum Gasteiger partial charge on any atom is 0.273 e. The third kappa shape index (κ3) is 4.94.